The van der Waals surface area contributed by atoms with Gasteiger partial charge in [0.1, 0.15) is 18.7 Å². The van der Waals surface area contributed by atoms with Crippen molar-refractivity contribution in [1.82, 2.24) is 10.6 Å². The van der Waals surface area contributed by atoms with Crippen molar-refractivity contribution in [3.05, 3.63) is 70.2 Å². The zero-order valence-corrected chi connectivity index (χ0v) is 18.5. The predicted octanol–water partition coefficient (Wildman–Crippen LogP) is 2.91. The number of primary amides is 1. The molecule has 0 radical (unpaired) electrons. The van der Waals surface area contributed by atoms with Gasteiger partial charge in [-0.25, -0.2) is 4.79 Å². The molecule has 0 aromatic heterocycles. The lowest BCUT2D eigenvalue weighted by Gasteiger charge is -2.24. The number of alkyl carbamates (subject to hydrolysis) is 1. The number of benzene rings is 2. The lowest BCUT2D eigenvalue weighted by Crippen LogP contribution is -2.55. The maximum absolute atomic E-state index is 12.8. The SMILES string of the molecule is CC(C)[C@@H](NC(=O)OCc1ccccc1)C(=O)N[C@H](Cc1cccc(Br)c1)C(N)=O. The molecule has 0 fully saturated rings. The molecule has 30 heavy (non-hydrogen) atoms. The topological polar surface area (TPSA) is 111 Å². The first-order chi connectivity index (χ1) is 14.3. The highest BCUT2D eigenvalue weighted by atomic mass is 79.9. The van der Waals surface area contributed by atoms with Gasteiger partial charge in [-0.15, -0.1) is 0 Å². The van der Waals surface area contributed by atoms with Gasteiger partial charge in [0.25, 0.3) is 0 Å². The van der Waals surface area contributed by atoms with Crippen LogP contribution in [0.15, 0.2) is 59.1 Å². The van der Waals surface area contributed by atoms with Gasteiger partial charge in [-0.2, -0.15) is 0 Å². The number of amides is 3. The molecule has 0 aliphatic heterocycles. The summed E-state index contributed by atoms with van der Waals surface area (Å²) >= 11 is 3.38. The third-order valence-electron chi connectivity index (χ3n) is 4.42. The molecule has 0 spiro atoms. The lowest BCUT2D eigenvalue weighted by atomic mass is 10.0. The molecule has 0 bridgehead atoms. The number of hydrogen-bond acceptors (Lipinski definition) is 4. The van der Waals surface area contributed by atoms with Crippen LogP contribution in [0.4, 0.5) is 4.79 Å². The second-order valence-corrected chi connectivity index (χ2v) is 8.14. The van der Waals surface area contributed by atoms with Gasteiger partial charge in [-0.05, 0) is 29.2 Å². The van der Waals surface area contributed by atoms with E-state index in [-0.39, 0.29) is 18.9 Å². The summed E-state index contributed by atoms with van der Waals surface area (Å²) in [6.07, 6.45) is -0.473. The van der Waals surface area contributed by atoms with Crippen LogP contribution in [0.25, 0.3) is 0 Å². The minimum absolute atomic E-state index is 0.0892. The first-order valence-electron chi connectivity index (χ1n) is 9.57. The number of nitrogens with one attached hydrogen (secondary N) is 2. The van der Waals surface area contributed by atoms with Crippen molar-refractivity contribution in [1.29, 1.82) is 0 Å². The number of carbonyl (C=O) groups excluding carboxylic acids is 3. The second kappa shape index (κ2) is 11.3. The third kappa shape index (κ3) is 7.51. The molecule has 4 N–H and O–H groups in total. The molecule has 0 unspecified atom stereocenters. The van der Waals surface area contributed by atoms with Crippen LogP contribution in [0.1, 0.15) is 25.0 Å². The monoisotopic (exact) mass is 475 g/mol. The van der Waals surface area contributed by atoms with E-state index in [0.717, 1.165) is 15.6 Å². The van der Waals surface area contributed by atoms with Crippen LogP contribution in [0, 0.1) is 5.92 Å². The van der Waals surface area contributed by atoms with E-state index < -0.39 is 30.0 Å². The Morgan fingerprint density at radius 1 is 1.00 bits per heavy atom. The van der Waals surface area contributed by atoms with Gasteiger partial charge in [0.15, 0.2) is 0 Å². The molecule has 2 aromatic rings. The van der Waals surface area contributed by atoms with Gasteiger partial charge >= 0.3 is 6.09 Å². The first kappa shape index (κ1) is 23.4. The van der Waals surface area contributed by atoms with Crippen molar-refractivity contribution in [2.45, 2.75) is 39.0 Å². The summed E-state index contributed by atoms with van der Waals surface area (Å²) in [6, 6.07) is 14.8. The van der Waals surface area contributed by atoms with Gasteiger partial charge in [-0.3, -0.25) is 9.59 Å². The zero-order valence-electron chi connectivity index (χ0n) is 16.9. The molecule has 0 saturated heterocycles. The number of ether oxygens (including phenoxy) is 1. The summed E-state index contributed by atoms with van der Waals surface area (Å²) < 4.78 is 6.05. The third-order valence-corrected chi connectivity index (χ3v) is 4.92. The molecule has 8 heteroatoms. The molecule has 3 amide bonds. The molecule has 160 valence electrons. The van der Waals surface area contributed by atoms with Crippen LogP contribution < -0.4 is 16.4 Å². The van der Waals surface area contributed by atoms with Crippen LogP contribution in [-0.4, -0.2) is 30.0 Å². The first-order valence-corrected chi connectivity index (χ1v) is 10.4. The molecule has 0 aliphatic carbocycles. The Labute approximate surface area is 184 Å². The Bertz CT molecular complexity index is 874. The number of carbonyl (C=O) groups is 3. The molecule has 2 aromatic carbocycles. The molecule has 2 rings (SSSR count). The standard InChI is InChI=1S/C22H26BrN3O4/c1-14(2)19(26-22(29)30-13-15-7-4-3-5-8-15)21(28)25-18(20(24)27)12-16-9-6-10-17(23)11-16/h3-11,14,18-19H,12-13H2,1-2H3,(H2,24,27)(H,25,28)(H,26,29)/t18-,19-/m1/s1. The summed E-state index contributed by atoms with van der Waals surface area (Å²) in [4.78, 5) is 36.8. The van der Waals surface area contributed by atoms with Crippen molar-refractivity contribution >= 4 is 33.8 Å². The van der Waals surface area contributed by atoms with Crippen LogP contribution in [0.2, 0.25) is 0 Å². The molecule has 2 atom stereocenters. The highest BCUT2D eigenvalue weighted by molar-refractivity contribution is 9.10. The van der Waals surface area contributed by atoms with Gasteiger partial charge < -0.3 is 21.1 Å². The van der Waals surface area contributed by atoms with Gasteiger partial charge in [-0.1, -0.05) is 72.2 Å². The summed E-state index contributed by atoms with van der Waals surface area (Å²) in [5.41, 5.74) is 7.16. The molecule has 0 aliphatic rings. The van der Waals surface area contributed by atoms with Crippen molar-refractivity contribution < 1.29 is 19.1 Å². The summed E-state index contributed by atoms with van der Waals surface area (Å²) in [5.74, 6) is -1.38. The van der Waals surface area contributed by atoms with Crippen molar-refractivity contribution in [2.75, 3.05) is 0 Å². The second-order valence-electron chi connectivity index (χ2n) is 7.23. The highest BCUT2D eigenvalue weighted by Crippen LogP contribution is 2.13. The molecule has 0 saturated carbocycles. The number of halogens is 1. The van der Waals surface area contributed by atoms with Crippen LogP contribution in [0.5, 0.6) is 0 Å². The molecular formula is C22H26BrN3O4. The lowest BCUT2D eigenvalue weighted by molar-refractivity contribution is -0.129. The predicted molar refractivity (Wildman–Crippen MR) is 117 cm³/mol. The fourth-order valence-electron chi connectivity index (χ4n) is 2.81. The van der Waals surface area contributed by atoms with Crippen LogP contribution >= 0.6 is 15.9 Å². The Balaban J connectivity index is 1.98. The quantitative estimate of drug-likeness (QED) is 0.517. The maximum atomic E-state index is 12.8. The average molecular weight is 476 g/mol. The van der Waals surface area contributed by atoms with Crippen molar-refractivity contribution in [3.63, 3.8) is 0 Å². The maximum Gasteiger partial charge on any atom is 0.408 e. The van der Waals surface area contributed by atoms with Crippen molar-refractivity contribution in [3.8, 4) is 0 Å². The Hall–Kier alpha value is -2.87. The summed E-state index contributed by atoms with van der Waals surface area (Å²) in [7, 11) is 0. The average Bonchev–Trinajstić information content (AvgIpc) is 2.70. The fraction of sp³-hybridized carbons (Fsp3) is 0.318. The van der Waals surface area contributed by atoms with Crippen LogP contribution in [-0.2, 0) is 27.4 Å². The Morgan fingerprint density at radius 3 is 2.27 bits per heavy atom. The number of nitrogens with two attached hydrogens (primary N) is 1. The largest absolute Gasteiger partial charge is 0.445 e. The van der Waals surface area contributed by atoms with Crippen LogP contribution in [0.3, 0.4) is 0 Å². The summed E-state index contributed by atoms with van der Waals surface area (Å²) in [5, 5.41) is 5.22. The summed E-state index contributed by atoms with van der Waals surface area (Å²) in [6.45, 7) is 3.66. The number of rotatable bonds is 9. The van der Waals surface area contributed by atoms with E-state index >= 15 is 0 Å². The van der Waals surface area contributed by atoms with Crippen molar-refractivity contribution in [2.24, 2.45) is 11.7 Å². The highest BCUT2D eigenvalue weighted by Gasteiger charge is 2.28. The van der Waals surface area contributed by atoms with E-state index in [1.807, 2.05) is 54.6 Å². The minimum atomic E-state index is -0.907. The smallest absolute Gasteiger partial charge is 0.408 e. The van der Waals surface area contributed by atoms with E-state index in [4.69, 9.17) is 10.5 Å². The van der Waals surface area contributed by atoms with Gasteiger partial charge in [0, 0.05) is 10.9 Å². The Morgan fingerprint density at radius 2 is 1.67 bits per heavy atom. The van der Waals surface area contributed by atoms with E-state index in [9.17, 15) is 14.4 Å². The zero-order chi connectivity index (χ0) is 22.1. The fourth-order valence-corrected chi connectivity index (χ4v) is 3.26. The van der Waals surface area contributed by atoms with E-state index in [2.05, 4.69) is 26.6 Å². The Kier molecular flexibility index (Phi) is 8.86. The van der Waals surface area contributed by atoms with E-state index in [1.165, 1.54) is 0 Å². The molecular weight excluding hydrogens is 450 g/mol. The van der Waals surface area contributed by atoms with E-state index in [1.54, 1.807) is 13.8 Å². The van der Waals surface area contributed by atoms with Gasteiger partial charge in [0.05, 0.1) is 0 Å². The normalized spacial score (nSPS) is 12.7. The van der Waals surface area contributed by atoms with E-state index in [0.29, 0.717) is 0 Å². The minimum Gasteiger partial charge on any atom is -0.445 e. The molecule has 7 nitrogen and oxygen atoms in total. The van der Waals surface area contributed by atoms with Gasteiger partial charge in [0.2, 0.25) is 11.8 Å². The molecule has 0 heterocycles. The number of hydrogen-bond donors (Lipinski definition) is 3.